The summed E-state index contributed by atoms with van der Waals surface area (Å²) in [5.74, 6) is 0.253. The average molecular weight is 178 g/mol. The first-order valence-electron chi connectivity index (χ1n) is 3.67. The number of Topliss-reactive ketones (excluding diaryl/α,β-unsaturated/α-hetero) is 1. The van der Waals surface area contributed by atoms with Gasteiger partial charge in [0.15, 0.2) is 5.78 Å². The number of nitrogens with one attached hydrogen (secondary N) is 1. The molecule has 0 aliphatic carbocycles. The summed E-state index contributed by atoms with van der Waals surface area (Å²) < 4.78 is 5.40. The summed E-state index contributed by atoms with van der Waals surface area (Å²) in [7, 11) is 0. The second-order valence-electron chi connectivity index (χ2n) is 3.11. The summed E-state index contributed by atoms with van der Waals surface area (Å²) in [5, 5.41) is 3.20. The van der Waals surface area contributed by atoms with Crippen molar-refractivity contribution in [3.05, 3.63) is 0 Å². The molecule has 2 aliphatic rings. The molecule has 0 bridgehead atoms. The molecule has 11 heavy (non-hydrogen) atoms. The predicted octanol–water partition coefficient (Wildman–Crippen LogP) is 0.130. The number of rotatable bonds is 0. The summed E-state index contributed by atoms with van der Waals surface area (Å²) in [6, 6.07) is 0. The first-order chi connectivity index (χ1) is 4.81. The van der Waals surface area contributed by atoms with Crippen LogP contribution in [0.4, 0.5) is 0 Å². The van der Waals surface area contributed by atoms with Gasteiger partial charge in [-0.2, -0.15) is 0 Å². The molecule has 2 heterocycles. The lowest BCUT2D eigenvalue weighted by molar-refractivity contribution is -0.117. The first kappa shape index (κ1) is 8.97. The van der Waals surface area contributed by atoms with Gasteiger partial charge < -0.3 is 10.1 Å². The smallest absolute Gasteiger partial charge is 0.161 e. The molecule has 2 saturated heterocycles. The molecule has 0 aromatic heterocycles. The Bertz CT molecular complexity index is 166. The average Bonchev–Trinajstić information content (AvgIpc) is 2.46. The van der Waals surface area contributed by atoms with Crippen LogP contribution in [0.5, 0.6) is 0 Å². The predicted molar refractivity (Wildman–Crippen MR) is 43.0 cm³/mol. The lowest BCUT2D eigenvalue weighted by Crippen LogP contribution is -2.30. The molecule has 1 N–H and O–H groups in total. The SMILES string of the molecule is Cl.O=C1COC2(CCNC2)C1. The van der Waals surface area contributed by atoms with Crippen LogP contribution in [0.15, 0.2) is 0 Å². The Hall–Kier alpha value is -0.120. The standard InChI is InChI=1S/C7H11NO2.ClH/c9-6-3-7(10-4-6)1-2-8-5-7;/h8H,1-5H2;1H. The van der Waals surface area contributed by atoms with Crippen molar-refractivity contribution in [3.8, 4) is 0 Å². The summed E-state index contributed by atoms with van der Waals surface area (Å²) >= 11 is 0. The maximum absolute atomic E-state index is 10.9. The van der Waals surface area contributed by atoms with Crippen molar-refractivity contribution in [1.29, 1.82) is 0 Å². The van der Waals surface area contributed by atoms with Crippen molar-refractivity contribution in [2.75, 3.05) is 19.7 Å². The second-order valence-corrected chi connectivity index (χ2v) is 3.11. The van der Waals surface area contributed by atoms with E-state index in [0.717, 1.165) is 19.5 Å². The van der Waals surface area contributed by atoms with Gasteiger partial charge in [0.25, 0.3) is 0 Å². The third kappa shape index (κ3) is 1.55. The normalized spacial score (nSPS) is 36.2. The number of carbonyl (C=O) groups excluding carboxylic acids is 1. The number of ether oxygens (including phenoxy) is 1. The van der Waals surface area contributed by atoms with Crippen molar-refractivity contribution in [2.24, 2.45) is 0 Å². The molecule has 0 aromatic rings. The van der Waals surface area contributed by atoms with E-state index in [2.05, 4.69) is 5.32 Å². The molecule has 2 rings (SSSR count). The second kappa shape index (κ2) is 3.09. The third-order valence-electron chi connectivity index (χ3n) is 2.26. The van der Waals surface area contributed by atoms with Gasteiger partial charge >= 0.3 is 0 Å². The van der Waals surface area contributed by atoms with Crippen molar-refractivity contribution < 1.29 is 9.53 Å². The lowest BCUT2D eigenvalue weighted by atomic mass is 9.99. The van der Waals surface area contributed by atoms with Gasteiger partial charge in [0, 0.05) is 13.0 Å². The van der Waals surface area contributed by atoms with E-state index in [1.54, 1.807) is 0 Å². The van der Waals surface area contributed by atoms with E-state index in [1.165, 1.54) is 0 Å². The Kier molecular flexibility index (Phi) is 2.52. The fraction of sp³-hybridized carbons (Fsp3) is 0.857. The molecule has 3 nitrogen and oxygen atoms in total. The van der Waals surface area contributed by atoms with Crippen LogP contribution >= 0.6 is 12.4 Å². The van der Waals surface area contributed by atoms with Crippen LogP contribution in [-0.4, -0.2) is 31.1 Å². The van der Waals surface area contributed by atoms with Gasteiger partial charge in [0.05, 0.1) is 5.60 Å². The molecular formula is C7H12ClNO2. The molecule has 1 unspecified atom stereocenters. The highest BCUT2D eigenvalue weighted by Gasteiger charge is 2.41. The molecule has 64 valence electrons. The molecule has 1 spiro atoms. The maximum Gasteiger partial charge on any atom is 0.161 e. The number of hydrogen-bond donors (Lipinski definition) is 1. The molecule has 0 amide bonds. The minimum absolute atomic E-state index is 0. The van der Waals surface area contributed by atoms with E-state index in [9.17, 15) is 4.79 Å². The maximum atomic E-state index is 10.9. The van der Waals surface area contributed by atoms with Gasteiger partial charge in [-0.15, -0.1) is 12.4 Å². The van der Waals surface area contributed by atoms with Gasteiger partial charge in [0.1, 0.15) is 6.61 Å². The van der Waals surface area contributed by atoms with Gasteiger partial charge in [-0.1, -0.05) is 0 Å². The quantitative estimate of drug-likeness (QED) is 0.572. The van der Waals surface area contributed by atoms with Gasteiger partial charge in [-0.25, -0.2) is 0 Å². The van der Waals surface area contributed by atoms with Crippen LogP contribution in [0.25, 0.3) is 0 Å². The fourth-order valence-electron chi connectivity index (χ4n) is 1.69. The Balaban J connectivity index is 0.000000605. The molecule has 2 fully saturated rings. The Morgan fingerprint density at radius 1 is 1.55 bits per heavy atom. The zero-order valence-corrected chi connectivity index (χ0v) is 7.08. The highest BCUT2D eigenvalue weighted by atomic mass is 35.5. The van der Waals surface area contributed by atoms with Gasteiger partial charge in [-0.3, -0.25) is 4.79 Å². The number of halogens is 1. The van der Waals surface area contributed by atoms with Crippen LogP contribution in [0, 0.1) is 0 Å². The van der Waals surface area contributed by atoms with Crippen molar-refractivity contribution in [1.82, 2.24) is 5.32 Å². The molecule has 2 aliphatic heterocycles. The summed E-state index contributed by atoms with van der Waals surface area (Å²) in [4.78, 5) is 10.9. The molecule has 0 radical (unpaired) electrons. The highest BCUT2D eigenvalue weighted by Crippen LogP contribution is 2.28. The zero-order valence-electron chi connectivity index (χ0n) is 6.26. The first-order valence-corrected chi connectivity index (χ1v) is 3.67. The van der Waals surface area contributed by atoms with Gasteiger partial charge in [0.2, 0.25) is 0 Å². The Labute approximate surface area is 71.9 Å². The van der Waals surface area contributed by atoms with Crippen molar-refractivity contribution in [2.45, 2.75) is 18.4 Å². The number of hydrogen-bond acceptors (Lipinski definition) is 3. The zero-order chi connectivity index (χ0) is 7.03. The van der Waals surface area contributed by atoms with E-state index in [-0.39, 0.29) is 23.8 Å². The minimum atomic E-state index is -0.100. The molecule has 4 heteroatoms. The van der Waals surface area contributed by atoms with E-state index in [1.807, 2.05) is 0 Å². The van der Waals surface area contributed by atoms with E-state index < -0.39 is 0 Å². The highest BCUT2D eigenvalue weighted by molar-refractivity contribution is 5.85. The third-order valence-corrected chi connectivity index (χ3v) is 2.26. The van der Waals surface area contributed by atoms with E-state index >= 15 is 0 Å². The molecular weight excluding hydrogens is 166 g/mol. The topological polar surface area (TPSA) is 38.3 Å². The van der Waals surface area contributed by atoms with Crippen molar-refractivity contribution in [3.63, 3.8) is 0 Å². The van der Waals surface area contributed by atoms with E-state index in [0.29, 0.717) is 13.0 Å². The monoisotopic (exact) mass is 177 g/mol. The van der Waals surface area contributed by atoms with Crippen LogP contribution in [0.1, 0.15) is 12.8 Å². The summed E-state index contributed by atoms with van der Waals surface area (Å²) in [6.45, 7) is 2.19. The molecule has 1 atom stereocenters. The number of ketones is 1. The van der Waals surface area contributed by atoms with Crippen LogP contribution in [0.3, 0.4) is 0 Å². The largest absolute Gasteiger partial charge is 0.365 e. The summed E-state index contributed by atoms with van der Waals surface area (Å²) in [5.41, 5.74) is -0.100. The van der Waals surface area contributed by atoms with Gasteiger partial charge in [-0.05, 0) is 13.0 Å². The minimum Gasteiger partial charge on any atom is -0.365 e. The number of carbonyl (C=O) groups is 1. The van der Waals surface area contributed by atoms with Crippen LogP contribution < -0.4 is 5.32 Å². The Morgan fingerprint density at radius 2 is 2.36 bits per heavy atom. The Morgan fingerprint density at radius 3 is 2.82 bits per heavy atom. The molecule has 0 aromatic carbocycles. The molecule has 0 saturated carbocycles. The van der Waals surface area contributed by atoms with Crippen LogP contribution in [-0.2, 0) is 9.53 Å². The fourth-order valence-corrected chi connectivity index (χ4v) is 1.69. The van der Waals surface area contributed by atoms with Crippen molar-refractivity contribution >= 4 is 18.2 Å². The lowest BCUT2D eigenvalue weighted by Gasteiger charge is -2.18. The van der Waals surface area contributed by atoms with Crippen LogP contribution in [0.2, 0.25) is 0 Å². The summed E-state index contributed by atoms with van der Waals surface area (Å²) in [6.07, 6.45) is 1.62. The van der Waals surface area contributed by atoms with E-state index in [4.69, 9.17) is 4.74 Å².